The van der Waals surface area contributed by atoms with E-state index in [-0.39, 0.29) is 37.8 Å². The van der Waals surface area contributed by atoms with Crippen molar-refractivity contribution in [2.45, 2.75) is 25.7 Å². The maximum atomic E-state index is 13.4. The van der Waals surface area contributed by atoms with Crippen LogP contribution in [-0.4, -0.2) is 59.0 Å². The number of nitrogens with zero attached hydrogens (tertiary/aromatic N) is 5. The van der Waals surface area contributed by atoms with E-state index in [0.717, 1.165) is 12.1 Å². The van der Waals surface area contributed by atoms with Crippen molar-refractivity contribution in [3.8, 4) is 6.07 Å². The summed E-state index contributed by atoms with van der Waals surface area (Å²) in [4.78, 5) is 32.4. The lowest BCUT2D eigenvalue weighted by Crippen LogP contribution is -2.60. The summed E-state index contributed by atoms with van der Waals surface area (Å²) in [6.07, 6.45) is -1.45. The van der Waals surface area contributed by atoms with Crippen LogP contribution in [0.4, 0.5) is 18.9 Å². The number of alkyl halides is 3. The van der Waals surface area contributed by atoms with Gasteiger partial charge in [-0.15, -0.1) is 0 Å². The van der Waals surface area contributed by atoms with E-state index in [1.165, 1.54) is 22.9 Å². The highest BCUT2D eigenvalue weighted by Gasteiger charge is 2.37. The van der Waals surface area contributed by atoms with Gasteiger partial charge in [0, 0.05) is 38.2 Å². The monoisotopic (exact) mass is 434 g/mol. The average Bonchev–Trinajstić information content (AvgIpc) is 3.15. The molecule has 2 aromatic rings. The highest BCUT2D eigenvalue weighted by molar-refractivity contribution is 5.87. The van der Waals surface area contributed by atoms with Gasteiger partial charge in [0.25, 0.3) is 0 Å². The zero-order valence-corrected chi connectivity index (χ0v) is 17.0. The molecule has 1 aromatic heterocycles. The molecule has 1 unspecified atom stereocenters. The second-order valence-corrected chi connectivity index (χ2v) is 7.11. The molecule has 0 aliphatic carbocycles. The third-order valence-corrected chi connectivity index (χ3v) is 5.27. The summed E-state index contributed by atoms with van der Waals surface area (Å²) in [5.74, 6) is 0.0341. The second-order valence-electron chi connectivity index (χ2n) is 7.11. The Labute approximate surface area is 176 Å². The topological polar surface area (TPSA) is 94.3 Å². The molecule has 1 atom stereocenters. The molecule has 1 N–H and O–H groups in total. The number of imidazole rings is 1. The molecular formula is C20H21F3N6O2. The zero-order valence-electron chi connectivity index (χ0n) is 17.0. The predicted molar refractivity (Wildman–Crippen MR) is 105 cm³/mol. The fraction of sp³-hybridized carbons (Fsp3) is 0.400. The van der Waals surface area contributed by atoms with Crippen molar-refractivity contribution in [3.63, 3.8) is 0 Å². The van der Waals surface area contributed by atoms with E-state index in [2.05, 4.69) is 10.3 Å². The zero-order chi connectivity index (χ0) is 22.8. The van der Waals surface area contributed by atoms with Crippen molar-refractivity contribution in [2.24, 2.45) is 0 Å². The number of aryl methyl sites for hydroxylation is 1. The molecule has 1 saturated heterocycles. The number of rotatable bonds is 4. The van der Waals surface area contributed by atoms with Crippen molar-refractivity contribution in [1.82, 2.24) is 19.8 Å². The number of piperazine rings is 1. The van der Waals surface area contributed by atoms with Gasteiger partial charge in [-0.2, -0.15) is 18.4 Å². The highest BCUT2D eigenvalue weighted by atomic mass is 19.4. The Balaban J connectivity index is 1.86. The van der Waals surface area contributed by atoms with E-state index >= 15 is 0 Å². The van der Waals surface area contributed by atoms with Crippen LogP contribution in [0.25, 0.3) is 0 Å². The molecule has 11 heteroatoms. The van der Waals surface area contributed by atoms with Crippen LogP contribution >= 0.6 is 0 Å². The lowest BCUT2D eigenvalue weighted by atomic mass is 10.0. The van der Waals surface area contributed by atoms with E-state index in [0.29, 0.717) is 5.82 Å². The molecule has 3 rings (SSSR count). The number of hydrogen-bond acceptors (Lipinski definition) is 5. The number of carbonyl (C=O) groups excluding carboxylic acids is 2. The summed E-state index contributed by atoms with van der Waals surface area (Å²) in [5, 5.41) is 11.5. The van der Waals surface area contributed by atoms with Gasteiger partial charge in [0.05, 0.1) is 23.7 Å². The third kappa shape index (κ3) is 4.63. The smallest absolute Gasteiger partial charge is 0.357 e. The minimum atomic E-state index is -4.70. The van der Waals surface area contributed by atoms with Crippen molar-refractivity contribution >= 4 is 17.5 Å². The predicted octanol–water partition coefficient (Wildman–Crippen LogP) is 1.55. The van der Waals surface area contributed by atoms with Crippen LogP contribution in [0.2, 0.25) is 0 Å². The number of anilines is 1. The van der Waals surface area contributed by atoms with Gasteiger partial charge in [-0.1, -0.05) is 0 Å². The van der Waals surface area contributed by atoms with E-state index in [9.17, 15) is 22.8 Å². The van der Waals surface area contributed by atoms with Gasteiger partial charge < -0.3 is 19.7 Å². The largest absolute Gasteiger partial charge is 0.417 e. The molecule has 2 heterocycles. The quantitative estimate of drug-likeness (QED) is 0.788. The fourth-order valence-corrected chi connectivity index (χ4v) is 3.57. The first-order chi connectivity index (χ1) is 14.7. The van der Waals surface area contributed by atoms with Gasteiger partial charge in [-0.05, 0) is 25.1 Å². The molecule has 8 nitrogen and oxygen atoms in total. The summed E-state index contributed by atoms with van der Waals surface area (Å²) in [6.45, 7) is 2.24. The molecule has 2 amide bonds. The van der Waals surface area contributed by atoms with E-state index in [4.69, 9.17) is 5.26 Å². The molecule has 1 fully saturated rings. The number of likely N-dealkylation sites (N-methyl/N-ethyl adjacent to an activating group) is 1. The number of hydrogen-bond donors (Lipinski definition) is 1. The minimum absolute atomic E-state index is 0.0214. The van der Waals surface area contributed by atoms with Crippen molar-refractivity contribution in [1.29, 1.82) is 5.26 Å². The SMILES string of the molecule is CNC(=O)C1CN(C(=O)Cn2ccnc2C)CCN1c1ccc(C#N)c(C(F)(F)F)c1. The van der Waals surface area contributed by atoms with E-state index < -0.39 is 29.3 Å². The first-order valence-electron chi connectivity index (χ1n) is 9.50. The Morgan fingerprint density at radius 1 is 1.32 bits per heavy atom. The van der Waals surface area contributed by atoms with Crippen LogP contribution in [0.3, 0.4) is 0 Å². The van der Waals surface area contributed by atoms with Crippen LogP contribution in [0.1, 0.15) is 17.0 Å². The van der Waals surface area contributed by atoms with Crippen LogP contribution in [0.5, 0.6) is 0 Å². The Kier molecular flexibility index (Phi) is 6.19. The number of halogens is 3. The molecule has 0 radical (unpaired) electrons. The average molecular weight is 434 g/mol. The maximum Gasteiger partial charge on any atom is 0.417 e. The number of nitrogens with one attached hydrogen (secondary N) is 1. The van der Waals surface area contributed by atoms with Gasteiger partial charge in [0.15, 0.2) is 0 Å². The third-order valence-electron chi connectivity index (χ3n) is 5.27. The van der Waals surface area contributed by atoms with Gasteiger partial charge in [0.2, 0.25) is 11.8 Å². The molecule has 0 saturated carbocycles. The molecule has 1 aliphatic rings. The van der Waals surface area contributed by atoms with Gasteiger partial charge >= 0.3 is 6.18 Å². The van der Waals surface area contributed by atoms with E-state index in [1.807, 2.05) is 0 Å². The van der Waals surface area contributed by atoms with Gasteiger partial charge in [0.1, 0.15) is 18.4 Å². The summed E-state index contributed by atoms with van der Waals surface area (Å²) < 4.78 is 41.8. The number of amides is 2. The first-order valence-corrected chi connectivity index (χ1v) is 9.50. The Bertz CT molecular complexity index is 1030. The Morgan fingerprint density at radius 2 is 2.06 bits per heavy atom. The molecular weight excluding hydrogens is 413 g/mol. The lowest BCUT2D eigenvalue weighted by molar-refractivity contribution is -0.137. The molecule has 0 spiro atoms. The van der Waals surface area contributed by atoms with E-state index in [1.54, 1.807) is 30.0 Å². The molecule has 1 aromatic carbocycles. The summed E-state index contributed by atoms with van der Waals surface area (Å²) in [5.41, 5.74) is -1.38. The standard InChI is InChI=1S/C20H21F3N6O2/c1-13-26-5-6-27(13)12-18(30)28-7-8-29(17(11-28)19(31)25-2)15-4-3-14(10-24)16(9-15)20(21,22)23/h3-6,9,17H,7-8,11-12H2,1-2H3,(H,25,31). The fourth-order valence-electron chi connectivity index (χ4n) is 3.57. The van der Waals surface area contributed by atoms with Gasteiger partial charge in [-0.3, -0.25) is 9.59 Å². The molecule has 164 valence electrons. The van der Waals surface area contributed by atoms with Crippen molar-refractivity contribution < 1.29 is 22.8 Å². The number of carbonyl (C=O) groups is 2. The summed E-state index contributed by atoms with van der Waals surface area (Å²) >= 11 is 0. The summed E-state index contributed by atoms with van der Waals surface area (Å²) in [7, 11) is 1.43. The Morgan fingerprint density at radius 3 is 2.65 bits per heavy atom. The molecule has 0 bridgehead atoms. The van der Waals surface area contributed by atoms with Crippen molar-refractivity contribution in [2.75, 3.05) is 31.6 Å². The normalized spacial score (nSPS) is 16.7. The van der Waals surface area contributed by atoms with Crippen LogP contribution in [-0.2, 0) is 22.3 Å². The first kappa shape index (κ1) is 22.1. The molecule has 1 aliphatic heterocycles. The number of nitriles is 1. The highest BCUT2D eigenvalue weighted by Crippen LogP contribution is 2.35. The van der Waals surface area contributed by atoms with Gasteiger partial charge in [-0.25, -0.2) is 4.98 Å². The summed E-state index contributed by atoms with van der Waals surface area (Å²) in [6, 6.07) is 4.03. The second kappa shape index (κ2) is 8.67. The number of aromatic nitrogens is 2. The molecule has 31 heavy (non-hydrogen) atoms. The van der Waals surface area contributed by atoms with Crippen molar-refractivity contribution in [3.05, 3.63) is 47.5 Å². The van der Waals surface area contributed by atoms with Crippen LogP contribution in [0.15, 0.2) is 30.6 Å². The number of benzene rings is 1. The maximum absolute atomic E-state index is 13.4. The minimum Gasteiger partial charge on any atom is -0.357 e. The Hall–Kier alpha value is -3.55. The van der Waals surface area contributed by atoms with Crippen LogP contribution in [0, 0.1) is 18.3 Å². The van der Waals surface area contributed by atoms with Crippen LogP contribution < -0.4 is 10.2 Å². The lowest BCUT2D eigenvalue weighted by Gasteiger charge is -2.42.